The van der Waals surface area contributed by atoms with Crippen LogP contribution in [0.25, 0.3) is 0 Å². The molecule has 0 unspecified atom stereocenters. The first kappa shape index (κ1) is 21.1. The molecule has 0 saturated carbocycles. The fraction of sp³-hybridized carbons (Fsp3) is 0.435. The Labute approximate surface area is 171 Å². The summed E-state index contributed by atoms with van der Waals surface area (Å²) < 4.78 is 10.7. The Bertz CT molecular complexity index is 878. The minimum Gasteiger partial charge on any atom is -0.475 e. The van der Waals surface area contributed by atoms with Gasteiger partial charge in [-0.05, 0) is 30.0 Å². The number of aliphatic hydroxyl groups excluding tert-OH is 1. The van der Waals surface area contributed by atoms with Gasteiger partial charge < -0.3 is 14.6 Å². The van der Waals surface area contributed by atoms with Gasteiger partial charge in [-0.2, -0.15) is 0 Å². The van der Waals surface area contributed by atoms with Crippen molar-refractivity contribution in [2.24, 2.45) is 4.99 Å². The van der Waals surface area contributed by atoms with E-state index in [1.165, 1.54) is 0 Å². The van der Waals surface area contributed by atoms with Crippen molar-refractivity contribution in [2.45, 2.75) is 45.3 Å². The second-order valence-corrected chi connectivity index (χ2v) is 7.40. The molecule has 154 valence electrons. The number of nitrogens with zero attached hydrogens (tertiary/aromatic N) is 2. The highest BCUT2D eigenvalue weighted by Crippen LogP contribution is 2.28. The molecule has 0 amide bonds. The van der Waals surface area contributed by atoms with Gasteiger partial charge in [-0.25, -0.2) is 4.99 Å². The number of carbonyl (C=O) groups is 1. The fourth-order valence-electron chi connectivity index (χ4n) is 3.54. The Kier molecular flexibility index (Phi) is 7.12. The van der Waals surface area contributed by atoms with Crippen LogP contribution in [0.15, 0.2) is 41.4 Å². The molecule has 0 bridgehead atoms. The molecule has 0 fully saturated rings. The zero-order chi connectivity index (χ0) is 20.8. The highest BCUT2D eigenvalue weighted by Gasteiger charge is 2.26. The van der Waals surface area contributed by atoms with Crippen molar-refractivity contribution >= 4 is 11.7 Å². The number of hydrogen-bond acceptors (Lipinski definition) is 6. The Morgan fingerprint density at radius 2 is 1.97 bits per heavy atom. The van der Waals surface area contributed by atoms with Crippen LogP contribution in [-0.4, -0.2) is 42.1 Å². The summed E-state index contributed by atoms with van der Waals surface area (Å²) in [5.74, 6) is 0.760. The maximum Gasteiger partial charge on any atom is 0.218 e. The first-order chi connectivity index (χ1) is 14.0. The molecule has 1 aromatic carbocycles. The SMILES string of the molecule is COCCOC1=NCc2cc(CC(=O)C[C@H](C)c3ccccc3)nc([C@@H](C)O)c21. The minimum atomic E-state index is -0.781. The van der Waals surface area contributed by atoms with Gasteiger partial charge in [-0.15, -0.1) is 0 Å². The van der Waals surface area contributed by atoms with Crippen LogP contribution in [0.1, 0.15) is 60.4 Å². The highest BCUT2D eigenvalue weighted by molar-refractivity contribution is 5.99. The number of fused-ring (bicyclic) bond motifs is 1. The van der Waals surface area contributed by atoms with Crippen molar-refractivity contribution in [3.05, 3.63) is 64.5 Å². The Morgan fingerprint density at radius 3 is 2.66 bits per heavy atom. The lowest BCUT2D eigenvalue weighted by Crippen LogP contribution is -2.16. The lowest BCUT2D eigenvalue weighted by Gasteiger charge is -2.15. The molecular formula is C23H28N2O4. The number of aliphatic imine (C=N–C) groups is 1. The van der Waals surface area contributed by atoms with Crippen LogP contribution < -0.4 is 0 Å². The molecule has 0 saturated heterocycles. The van der Waals surface area contributed by atoms with Gasteiger partial charge in [0.05, 0.1) is 30.5 Å². The smallest absolute Gasteiger partial charge is 0.218 e. The van der Waals surface area contributed by atoms with Gasteiger partial charge in [0.15, 0.2) is 0 Å². The minimum absolute atomic E-state index is 0.126. The van der Waals surface area contributed by atoms with E-state index in [-0.39, 0.29) is 18.1 Å². The van der Waals surface area contributed by atoms with Crippen LogP contribution in [0, 0.1) is 0 Å². The standard InChI is InChI=1S/C23H28N2O4/c1-15(17-7-5-4-6-8-17)11-20(27)13-19-12-18-14-24-23(29-10-9-28-3)21(18)22(25-19)16(2)26/h4-8,12,15-16,26H,9-11,13-14H2,1-3H3/t15-,16+/m0/s1. The predicted molar refractivity (Wildman–Crippen MR) is 111 cm³/mol. The number of Topliss-reactive ketones (excluding diaryl/α,β-unsaturated/α-hetero) is 1. The Morgan fingerprint density at radius 1 is 1.21 bits per heavy atom. The van der Waals surface area contributed by atoms with Crippen LogP contribution in [-0.2, 0) is 27.2 Å². The molecule has 1 N–H and O–H groups in total. The van der Waals surface area contributed by atoms with E-state index in [0.717, 1.165) is 16.7 Å². The summed E-state index contributed by atoms with van der Waals surface area (Å²) in [4.78, 5) is 21.7. The van der Waals surface area contributed by atoms with Gasteiger partial charge >= 0.3 is 0 Å². The third kappa shape index (κ3) is 5.28. The summed E-state index contributed by atoms with van der Waals surface area (Å²) in [6, 6.07) is 11.9. The molecule has 29 heavy (non-hydrogen) atoms. The summed E-state index contributed by atoms with van der Waals surface area (Å²) >= 11 is 0. The number of pyridine rings is 1. The molecule has 3 rings (SSSR count). The topological polar surface area (TPSA) is 81.0 Å². The zero-order valence-corrected chi connectivity index (χ0v) is 17.2. The normalized spacial score (nSPS) is 14.8. The molecule has 0 aliphatic carbocycles. The van der Waals surface area contributed by atoms with Crippen LogP contribution in [0.5, 0.6) is 0 Å². The van der Waals surface area contributed by atoms with E-state index in [1.54, 1.807) is 14.0 Å². The van der Waals surface area contributed by atoms with E-state index in [1.807, 2.05) is 36.4 Å². The maximum absolute atomic E-state index is 12.6. The van der Waals surface area contributed by atoms with Crippen molar-refractivity contribution in [1.82, 2.24) is 4.98 Å². The number of aromatic nitrogens is 1. The van der Waals surface area contributed by atoms with Crippen molar-refractivity contribution in [1.29, 1.82) is 0 Å². The van der Waals surface area contributed by atoms with Crippen LogP contribution in [0.4, 0.5) is 0 Å². The van der Waals surface area contributed by atoms with Crippen molar-refractivity contribution < 1.29 is 19.4 Å². The number of carbonyl (C=O) groups excluding carboxylic acids is 1. The van der Waals surface area contributed by atoms with E-state index in [0.29, 0.717) is 43.5 Å². The second-order valence-electron chi connectivity index (χ2n) is 7.40. The molecule has 2 atom stereocenters. The van der Waals surface area contributed by atoms with Gasteiger partial charge in [-0.3, -0.25) is 9.78 Å². The van der Waals surface area contributed by atoms with E-state index < -0.39 is 6.10 Å². The fourth-order valence-corrected chi connectivity index (χ4v) is 3.54. The van der Waals surface area contributed by atoms with Gasteiger partial charge in [0, 0.05) is 25.6 Å². The van der Waals surface area contributed by atoms with E-state index in [4.69, 9.17) is 9.47 Å². The number of benzene rings is 1. The molecule has 6 heteroatoms. The molecule has 1 aliphatic rings. The van der Waals surface area contributed by atoms with E-state index >= 15 is 0 Å². The van der Waals surface area contributed by atoms with Crippen molar-refractivity contribution in [3.8, 4) is 0 Å². The molecule has 1 aromatic heterocycles. The molecule has 1 aliphatic heterocycles. The average molecular weight is 396 g/mol. The largest absolute Gasteiger partial charge is 0.475 e. The van der Waals surface area contributed by atoms with Crippen LogP contribution in [0.2, 0.25) is 0 Å². The molecule has 0 spiro atoms. The number of methoxy groups -OCH3 is 1. The number of hydrogen-bond donors (Lipinski definition) is 1. The summed E-state index contributed by atoms with van der Waals surface area (Å²) in [5, 5.41) is 10.2. The third-order valence-electron chi connectivity index (χ3n) is 4.99. The maximum atomic E-state index is 12.6. The van der Waals surface area contributed by atoms with E-state index in [9.17, 15) is 9.90 Å². The predicted octanol–water partition coefficient (Wildman–Crippen LogP) is 3.36. The van der Waals surface area contributed by atoms with Gasteiger partial charge in [-0.1, -0.05) is 37.3 Å². The molecule has 6 nitrogen and oxygen atoms in total. The number of aliphatic hydroxyl groups is 1. The van der Waals surface area contributed by atoms with Crippen molar-refractivity contribution in [2.75, 3.05) is 20.3 Å². The van der Waals surface area contributed by atoms with Crippen LogP contribution in [0.3, 0.4) is 0 Å². The van der Waals surface area contributed by atoms with Gasteiger partial charge in [0.25, 0.3) is 0 Å². The summed E-state index contributed by atoms with van der Waals surface area (Å²) in [7, 11) is 1.61. The lowest BCUT2D eigenvalue weighted by molar-refractivity contribution is -0.118. The van der Waals surface area contributed by atoms with Gasteiger partial charge in [0.2, 0.25) is 5.90 Å². The van der Waals surface area contributed by atoms with Crippen LogP contribution >= 0.6 is 0 Å². The molecule has 0 radical (unpaired) electrons. The number of rotatable bonds is 9. The Balaban J connectivity index is 1.73. The quantitative estimate of drug-likeness (QED) is 0.658. The summed E-state index contributed by atoms with van der Waals surface area (Å²) in [6.45, 7) is 5.02. The molecular weight excluding hydrogens is 368 g/mol. The van der Waals surface area contributed by atoms with Gasteiger partial charge in [0.1, 0.15) is 12.4 Å². The summed E-state index contributed by atoms with van der Waals surface area (Å²) in [6.07, 6.45) is -0.0880. The third-order valence-corrected chi connectivity index (χ3v) is 4.99. The second kappa shape index (κ2) is 9.76. The first-order valence-corrected chi connectivity index (χ1v) is 9.93. The number of ketones is 1. The first-order valence-electron chi connectivity index (χ1n) is 9.93. The highest BCUT2D eigenvalue weighted by atomic mass is 16.5. The molecule has 2 aromatic rings. The zero-order valence-electron chi connectivity index (χ0n) is 17.2. The monoisotopic (exact) mass is 396 g/mol. The average Bonchev–Trinajstić information content (AvgIpc) is 3.11. The van der Waals surface area contributed by atoms with Crippen molar-refractivity contribution in [3.63, 3.8) is 0 Å². The van der Waals surface area contributed by atoms with E-state index in [2.05, 4.69) is 16.9 Å². The molecule has 2 heterocycles. The lowest BCUT2D eigenvalue weighted by atomic mass is 9.94. The summed E-state index contributed by atoms with van der Waals surface area (Å²) in [5.41, 5.74) is 4.00. The number of ether oxygens (including phenoxy) is 2. The Hall–Kier alpha value is -2.57.